The van der Waals surface area contributed by atoms with Gasteiger partial charge in [0.15, 0.2) is 0 Å². The number of carbonyl (C=O) groups is 2. The molecule has 0 unspecified atom stereocenters. The lowest BCUT2D eigenvalue weighted by Gasteiger charge is -2.09. The summed E-state index contributed by atoms with van der Waals surface area (Å²) in [5.74, 6) is -1.68. The Balaban J connectivity index is 1.85. The van der Waals surface area contributed by atoms with Crippen molar-refractivity contribution in [2.75, 3.05) is 6.54 Å². The quantitative estimate of drug-likeness (QED) is 0.835. The molecule has 1 saturated carbocycles. The minimum Gasteiger partial charge on any atom is -0.481 e. The summed E-state index contributed by atoms with van der Waals surface area (Å²) >= 11 is 0. The molecule has 1 aliphatic rings. The summed E-state index contributed by atoms with van der Waals surface area (Å²) in [6.07, 6.45) is 1.08. The van der Waals surface area contributed by atoms with E-state index in [-0.39, 0.29) is 24.0 Å². The molecule has 1 heterocycles. The predicted octanol–water partition coefficient (Wildman–Crippen LogP) is 2.12. The first-order chi connectivity index (χ1) is 11.8. The molecule has 132 valence electrons. The van der Waals surface area contributed by atoms with E-state index in [1.165, 1.54) is 10.7 Å². The van der Waals surface area contributed by atoms with E-state index < -0.39 is 23.1 Å². The maximum Gasteiger partial charge on any atom is 0.311 e. The summed E-state index contributed by atoms with van der Waals surface area (Å²) in [5, 5.41) is 15.9. The van der Waals surface area contributed by atoms with Gasteiger partial charge in [0.1, 0.15) is 17.3 Å². The molecule has 0 atom stereocenters. The van der Waals surface area contributed by atoms with Crippen molar-refractivity contribution in [3.8, 4) is 5.69 Å². The molecule has 0 bridgehead atoms. The van der Waals surface area contributed by atoms with E-state index in [0.29, 0.717) is 18.7 Å². The maximum absolute atomic E-state index is 14.1. The SMILES string of the molecule is CC(C)c1nc(C(=O)NCC2(C(=O)O)CC2)nn1-c1ccccc1F. The van der Waals surface area contributed by atoms with Crippen LogP contribution in [0.4, 0.5) is 4.39 Å². The number of nitrogens with one attached hydrogen (secondary N) is 1. The molecular formula is C17H19FN4O3. The zero-order chi connectivity index (χ0) is 18.2. The highest BCUT2D eigenvalue weighted by molar-refractivity contribution is 5.91. The molecule has 2 aromatic rings. The molecule has 0 saturated heterocycles. The van der Waals surface area contributed by atoms with Crippen molar-refractivity contribution in [1.82, 2.24) is 20.1 Å². The molecule has 1 aromatic carbocycles. The number of carbonyl (C=O) groups excluding carboxylic acids is 1. The standard InChI is InChI=1S/C17H19FN4O3/c1-10(2)14-20-13(15(23)19-9-17(7-8-17)16(24)25)21-22(14)12-6-4-3-5-11(12)18/h3-6,10H,7-9H2,1-2H3,(H,19,23)(H,24,25). The van der Waals surface area contributed by atoms with Crippen molar-refractivity contribution in [3.63, 3.8) is 0 Å². The molecule has 1 amide bonds. The number of para-hydroxylation sites is 1. The Bertz CT molecular complexity index is 827. The zero-order valence-corrected chi connectivity index (χ0v) is 14.0. The second-order valence-corrected chi connectivity index (χ2v) is 6.58. The van der Waals surface area contributed by atoms with E-state index in [0.717, 1.165) is 0 Å². The number of aromatic nitrogens is 3. The Morgan fingerprint density at radius 1 is 1.36 bits per heavy atom. The second-order valence-electron chi connectivity index (χ2n) is 6.58. The smallest absolute Gasteiger partial charge is 0.311 e. The monoisotopic (exact) mass is 346 g/mol. The zero-order valence-electron chi connectivity index (χ0n) is 14.0. The minimum atomic E-state index is -0.916. The van der Waals surface area contributed by atoms with Crippen LogP contribution in [0.2, 0.25) is 0 Å². The largest absolute Gasteiger partial charge is 0.481 e. The summed E-state index contributed by atoms with van der Waals surface area (Å²) in [5.41, 5.74) is -0.660. The van der Waals surface area contributed by atoms with Gasteiger partial charge < -0.3 is 10.4 Å². The fourth-order valence-corrected chi connectivity index (χ4v) is 2.54. The van der Waals surface area contributed by atoms with Crippen LogP contribution in [0.25, 0.3) is 5.69 Å². The van der Waals surface area contributed by atoms with Crippen LogP contribution >= 0.6 is 0 Å². The van der Waals surface area contributed by atoms with E-state index in [1.54, 1.807) is 18.2 Å². The third kappa shape index (κ3) is 3.24. The van der Waals surface area contributed by atoms with Gasteiger partial charge >= 0.3 is 5.97 Å². The number of carboxylic acid groups (broad SMARTS) is 1. The Labute approximate surface area is 143 Å². The number of aliphatic carboxylic acids is 1. The van der Waals surface area contributed by atoms with Crippen LogP contribution in [0.15, 0.2) is 24.3 Å². The number of halogens is 1. The highest BCUT2D eigenvalue weighted by Crippen LogP contribution is 2.45. The van der Waals surface area contributed by atoms with E-state index in [2.05, 4.69) is 15.4 Å². The van der Waals surface area contributed by atoms with Crippen LogP contribution in [0, 0.1) is 11.2 Å². The molecule has 1 fully saturated rings. The van der Waals surface area contributed by atoms with E-state index in [9.17, 15) is 14.0 Å². The van der Waals surface area contributed by atoms with Gasteiger partial charge in [-0.25, -0.2) is 14.1 Å². The number of amides is 1. The van der Waals surface area contributed by atoms with Crippen LogP contribution in [-0.2, 0) is 4.79 Å². The summed E-state index contributed by atoms with van der Waals surface area (Å²) in [6, 6.07) is 6.11. The summed E-state index contributed by atoms with van der Waals surface area (Å²) < 4.78 is 15.4. The van der Waals surface area contributed by atoms with Gasteiger partial charge in [-0.3, -0.25) is 9.59 Å². The highest BCUT2D eigenvalue weighted by Gasteiger charge is 2.50. The first-order valence-corrected chi connectivity index (χ1v) is 8.07. The lowest BCUT2D eigenvalue weighted by molar-refractivity contribution is -0.143. The van der Waals surface area contributed by atoms with Gasteiger partial charge in [0, 0.05) is 12.5 Å². The molecule has 25 heavy (non-hydrogen) atoms. The van der Waals surface area contributed by atoms with Gasteiger partial charge in [0.2, 0.25) is 5.82 Å². The topological polar surface area (TPSA) is 97.1 Å². The van der Waals surface area contributed by atoms with Crippen LogP contribution < -0.4 is 5.32 Å². The normalized spacial score (nSPS) is 15.2. The van der Waals surface area contributed by atoms with Crippen molar-refractivity contribution in [3.05, 3.63) is 41.7 Å². The number of carboxylic acids is 1. The number of hydrogen-bond donors (Lipinski definition) is 2. The average Bonchev–Trinajstić information content (AvgIpc) is 3.24. The third-order valence-electron chi connectivity index (χ3n) is 4.33. The van der Waals surface area contributed by atoms with Gasteiger partial charge in [-0.05, 0) is 25.0 Å². The first kappa shape index (κ1) is 17.1. The average molecular weight is 346 g/mol. The van der Waals surface area contributed by atoms with Gasteiger partial charge in [-0.2, -0.15) is 0 Å². The van der Waals surface area contributed by atoms with Gasteiger partial charge in [-0.1, -0.05) is 26.0 Å². The van der Waals surface area contributed by atoms with Crippen molar-refractivity contribution in [2.24, 2.45) is 5.41 Å². The molecule has 0 aliphatic heterocycles. The molecule has 2 N–H and O–H groups in total. The Morgan fingerprint density at radius 2 is 2.04 bits per heavy atom. The Kier molecular flexibility index (Phi) is 4.28. The highest BCUT2D eigenvalue weighted by atomic mass is 19.1. The summed E-state index contributed by atoms with van der Waals surface area (Å²) in [7, 11) is 0. The lowest BCUT2D eigenvalue weighted by Crippen LogP contribution is -2.34. The van der Waals surface area contributed by atoms with Gasteiger partial charge in [-0.15, -0.1) is 5.10 Å². The van der Waals surface area contributed by atoms with E-state index in [4.69, 9.17) is 5.11 Å². The van der Waals surface area contributed by atoms with E-state index >= 15 is 0 Å². The van der Waals surface area contributed by atoms with Crippen LogP contribution in [0.3, 0.4) is 0 Å². The van der Waals surface area contributed by atoms with Crippen molar-refractivity contribution < 1.29 is 19.1 Å². The number of nitrogens with zero attached hydrogens (tertiary/aromatic N) is 3. The van der Waals surface area contributed by atoms with Crippen molar-refractivity contribution in [1.29, 1.82) is 0 Å². The van der Waals surface area contributed by atoms with Gasteiger partial charge in [0.05, 0.1) is 5.41 Å². The summed E-state index contributed by atoms with van der Waals surface area (Å²) in [4.78, 5) is 27.7. The molecular weight excluding hydrogens is 327 g/mol. The maximum atomic E-state index is 14.1. The predicted molar refractivity (Wildman–Crippen MR) is 87.0 cm³/mol. The molecule has 8 heteroatoms. The van der Waals surface area contributed by atoms with E-state index in [1.807, 2.05) is 13.8 Å². The molecule has 1 aromatic heterocycles. The van der Waals surface area contributed by atoms with Crippen molar-refractivity contribution >= 4 is 11.9 Å². The summed E-state index contributed by atoms with van der Waals surface area (Å²) in [6.45, 7) is 3.77. The van der Waals surface area contributed by atoms with Crippen LogP contribution in [-0.4, -0.2) is 38.3 Å². The second kappa shape index (κ2) is 6.27. The Hall–Kier alpha value is -2.77. The number of rotatable bonds is 6. The first-order valence-electron chi connectivity index (χ1n) is 8.07. The molecule has 7 nitrogen and oxygen atoms in total. The molecule has 3 rings (SSSR count). The molecule has 1 aliphatic carbocycles. The van der Waals surface area contributed by atoms with Crippen LogP contribution in [0.5, 0.6) is 0 Å². The fourth-order valence-electron chi connectivity index (χ4n) is 2.54. The third-order valence-corrected chi connectivity index (χ3v) is 4.33. The minimum absolute atomic E-state index is 0.0341. The molecule has 0 spiro atoms. The van der Waals surface area contributed by atoms with Crippen molar-refractivity contribution in [2.45, 2.75) is 32.6 Å². The van der Waals surface area contributed by atoms with Gasteiger partial charge in [0.25, 0.3) is 5.91 Å². The molecule has 0 radical (unpaired) electrons. The number of hydrogen-bond acceptors (Lipinski definition) is 4. The fraction of sp³-hybridized carbons (Fsp3) is 0.412. The number of benzene rings is 1. The Morgan fingerprint density at radius 3 is 2.60 bits per heavy atom. The lowest BCUT2D eigenvalue weighted by atomic mass is 10.1. The van der Waals surface area contributed by atoms with Crippen LogP contribution in [0.1, 0.15) is 49.1 Å².